The first-order chi connectivity index (χ1) is 9.13. The second kappa shape index (κ2) is 6.66. The molecule has 1 aliphatic carbocycles. The maximum Gasteiger partial charge on any atom is 0.252 e. The topological polar surface area (TPSA) is 55.1 Å². The number of benzene rings is 1. The lowest BCUT2D eigenvalue weighted by Gasteiger charge is -2.31. The predicted octanol–water partition coefficient (Wildman–Crippen LogP) is 3.44. The molecule has 0 aromatic heterocycles. The van der Waals surface area contributed by atoms with Crippen LogP contribution in [0.1, 0.15) is 36.0 Å². The molecule has 1 fully saturated rings. The molecule has 1 saturated carbocycles. The van der Waals surface area contributed by atoms with Gasteiger partial charge in [-0.25, -0.2) is 0 Å². The third-order valence-corrected chi connectivity index (χ3v) is 5.65. The molecule has 104 valence electrons. The van der Waals surface area contributed by atoms with E-state index in [-0.39, 0.29) is 11.9 Å². The zero-order chi connectivity index (χ0) is 13.8. The van der Waals surface area contributed by atoms with E-state index >= 15 is 0 Å². The first kappa shape index (κ1) is 14.7. The largest absolute Gasteiger partial charge is 0.398 e. The zero-order valence-corrected chi connectivity index (χ0v) is 13.4. The highest BCUT2D eigenvalue weighted by atomic mass is 79.9. The minimum Gasteiger partial charge on any atom is -0.398 e. The van der Waals surface area contributed by atoms with Gasteiger partial charge in [0.1, 0.15) is 0 Å². The van der Waals surface area contributed by atoms with Gasteiger partial charge < -0.3 is 11.1 Å². The van der Waals surface area contributed by atoms with Gasteiger partial charge in [-0.2, -0.15) is 11.8 Å². The molecule has 2 unspecified atom stereocenters. The Labute approximate surface area is 126 Å². The first-order valence-corrected chi connectivity index (χ1v) is 8.59. The highest BCUT2D eigenvalue weighted by Crippen LogP contribution is 2.28. The Bertz CT molecular complexity index is 467. The molecule has 3 nitrogen and oxygen atoms in total. The van der Waals surface area contributed by atoms with Crippen LogP contribution in [0, 0.1) is 0 Å². The molecule has 0 heterocycles. The highest BCUT2D eigenvalue weighted by Gasteiger charge is 2.26. The van der Waals surface area contributed by atoms with Crippen molar-refractivity contribution in [3.8, 4) is 0 Å². The van der Waals surface area contributed by atoms with Gasteiger partial charge in [-0.15, -0.1) is 0 Å². The Hall–Kier alpha value is -0.680. The van der Waals surface area contributed by atoms with E-state index in [1.807, 2.05) is 17.8 Å². The minimum atomic E-state index is -0.0369. The van der Waals surface area contributed by atoms with E-state index in [0.717, 1.165) is 6.42 Å². The fourth-order valence-corrected chi connectivity index (χ4v) is 3.89. The molecule has 0 radical (unpaired) electrons. The molecule has 19 heavy (non-hydrogen) atoms. The van der Waals surface area contributed by atoms with Crippen molar-refractivity contribution in [2.75, 3.05) is 12.0 Å². The van der Waals surface area contributed by atoms with E-state index in [4.69, 9.17) is 5.73 Å². The Balaban J connectivity index is 2.09. The Morgan fingerprint density at radius 3 is 2.89 bits per heavy atom. The van der Waals surface area contributed by atoms with Crippen molar-refractivity contribution in [3.63, 3.8) is 0 Å². The van der Waals surface area contributed by atoms with Gasteiger partial charge in [0.2, 0.25) is 0 Å². The fraction of sp³-hybridized carbons (Fsp3) is 0.500. The number of hydrogen-bond donors (Lipinski definition) is 2. The molecule has 3 N–H and O–H groups in total. The highest BCUT2D eigenvalue weighted by molar-refractivity contribution is 9.10. The van der Waals surface area contributed by atoms with Gasteiger partial charge in [0, 0.05) is 17.0 Å². The van der Waals surface area contributed by atoms with E-state index in [2.05, 4.69) is 27.5 Å². The molecular formula is C14H19BrN2OS. The van der Waals surface area contributed by atoms with Crippen LogP contribution in [0.5, 0.6) is 0 Å². The van der Waals surface area contributed by atoms with E-state index in [9.17, 15) is 4.79 Å². The number of rotatable bonds is 3. The van der Waals surface area contributed by atoms with Crippen LogP contribution in [0.15, 0.2) is 22.7 Å². The summed E-state index contributed by atoms with van der Waals surface area (Å²) in [5.41, 5.74) is 7.03. The van der Waals surface area contributed by atoms with Crippen LogP contribution in [0.25, 0.3) is 0 Å². The molecular weight excluding hydrogens is 324 g/mol. The Morgan fingerprint density at radius 2 is 2.16 bits per heavy atom. The van der Waals surface area contributed by atoms with Gasteiger partial charge in [-0.1, -0.05) is 18.9 Å². The monoisotopic (exact) mass is 342 g/mol. The van der Waals surface area contributed by atoms with Crippen LogP contribution < -0.4 is 11.1 Å². The van der Waals surface area contributed by atoms with E-state index in [0.29, 0.717) is 21.0 Å². The molecule has 2 rings (SSSR count). The van der Waals surface area contributed by atoms with Crippen molar-refractivity contribution >= 4 is 39.3 Å². The quantitative estimate of drug-likeness (QED) is 0.827. The Kier molecular flexibility index (Phi) is 5.16. The summed E-state index contributed by atoms with van der Waals surface area (Å²) in [6.07, 6.45) is 6.83. The fourth-order valence-electron chi connectivity index (χ4n) is 2.52. The van der Waals surface area contributed by atoms with Crippen LogP contribution in [0.4, 0.5) is 5.69 Å². The van der Waals surface area contributed by atoms with Crippen molar-refractivity contribution in [2.24, 2.45) is 0 Å². The van der Waals surface area contributed by atoms with Gasteiger partial charge in [-0.3, -0.25) is 4.79 Å². The molecule has 0 spiro atoms. The Morgan fingerprint density at radius 1 is 1.42 bits per heavy atom. The van der Waals surface area contributed by atoms with Gasteiger partial charge >= 0.3 is 0 Å². The average Bonchev–Trinajstić information content (AvgIpc) is 2.42. The maximum atomic E-state index is 12.3. The summed E-state index contributed by atoms with van der Waals surface area (Å²) in [4.78, 5) is 12.3. The maximum absolute atomic E-state index is 12.3. The van der Waals surface area contributed by atoms with Crippen LogP contribution in [-0.4, -0.2) is 23.5 Å². The van der Waals surface area contributed by atoms with Gasteiger partial charge in [0.05, 0.1) is 10.0 Å². The lowest BCUT2D eigenvalue weighted by Crippen LogP contribution is -2.43. The normalized spacial score (nSPS) is 23.1. The summed E-state index contributed by atoms with van der Waals surface area (Å²) in [5.74, 6) is -0.0369. The second-order valence-corrected chi connectivity index (χ2v) is 6.72. The number of halogens is 1. The molecule has 1 aliphatic rings. The van der Waals surface area contributed by atoms with Gasteiger partial charge in [-0.05, 0) is 47.2 Å². The van der Waals surface area contributed by atoms with E-state index < -0.39 is 0 Å². The number of hydrogen-bond acceptors (Lipinski definition) is 3. The number of nitrogen functional groups attached to an aromatic ring is 1. The van der Waals surface area contributed by atoms with E-state index in [1.54, 1.807) is 12.1 Å². The summed E-state index contributed by atoms with van der Waals surface area (Å²) in [6, 6.07) is 5.66. The molecule has 5 heteroatoms. The smallest absolute Gasteiger partial charge is 0.252 e. The zero-order valence-electron chi connectivity index (χ0n) is 11.0. The molecule has 1 amide bonds. The van der Waals surface area contributed by atoms with Crippen molar-refractivity contribution in [3.05, 3.63) is 28.2 Å². The van der Waals surface area contributed by atoms with E-state index in [1.165, 1.54) is 19.3 Å². The molecule has 0 saturated heterocycles. The van der Waals surface area contributed by atoms with Crippen molar-refractivity contribution in [1.82, 2.24) is 5.32 Å². The molecule has 0 aliphatic heterocycles. The summed E-state index contributed by atoms with van der Waals surface area (Å²) in [7, 11) is 0. The van der Waals surface area contributed by atoms with Crippen LogP contribution in [0.3, 0.4) is 0 Å². The SMILES string of the molecule is CSC1CCCCC1NC(=O)c1cccc(N)c1Br. The van der Waals surface area contributed by atoms with Crippen molar-refractivity contribution < 1.29 is 4.79 Å². The third-order valence-electron chi connectivity index (χ3n) is 3.60. The summed E-state index contributed by atoms with van der Waals surface area (Å²) < 4.78 is 0.684. The summed E-state index contributed by atoms with van der Waals surface area (Å²) in [6.45, 7) is 0. The number of thioether (sulfide) groups is 1. The molecule has 1 aromatic carbocycles. The number of nitrogens with one attached hydrogen (secondary N) is 1. The molecule has 0 bridgehead atoms. The summed E-state index contributed by atoms with van der Waals surface area (Å²) >= 11 is 5.23. The second-order valence-electron chi connectivity index (χ2n) is 4.85. The predicted molar refractivity (Wildman–Crippen MR) is 85.6 cm³/mol. The third kappa shape index (κ3) is 3.45. The van der Waals surface area contributed by atoms with Crippen LogP contribution in [-0.2, 0) is 0 Å². The number of carbonyl (C=O) groups excluding carboxylic acids is 1. The van der Waals surface area contributed by atoms with Crippen molar-refractivity contribution in [1.29, 1.82) is 0 Å². The van der Waals surface area contributed by atoms with Crippen LogP contribution in [0.2, 0.25) is 0 Å². The van der Waals surface area contributed by atoms with Crippen molar-refractivity contribution in [2.45, 2.75) is 37.0 Å². The van der Waals surface area contributed by atoms with Crippen LogP contribution >= 0.6 is 27.7 Å². The molecule has 2 atom stereocenters. The number of carbonyl (C=O) groups is 1. The average molecular weight is 343 g/mol. The first-order valence-electron chi connectivity index (χ1n) is 6.51. The van der Waals surface area contributed by atoms with Gasteiger partial charge in [0.25, 0.3) is 5.91 Å². The number of amides is 1. The number of anilines is 1. The summed E-state index contributed by atoms with van der Waals surface area (Å²) in [5, 5.41) is 3.68. The standard InChI is InChI=1S/C14H19BrN2OS/c1-19-12-8-3-2-7-11(12)17-14(18)9-5-4-6-10(16)13(9)15/h4-6,11-12H,2-3,7-8,16H2,1H3,(H,17,18). The lowest BCUT2D eigenvalue weighted by atomic mass is 9.94. The number of nitrogens with two attached hydrogens (primary N) is 1. The lowest BCUT2D eigenvalue weighted by molar-refractivity contribution is 0.0928. The minimum absolute atomic E-state index is 0.0369. The van der Waals surface area contributed by atoms with Gasteiger partial charge in [0.15, 0.2) is 0 Å². The molecule has 1 aromatic rings.